The molecule has 0 saturated carbocycles. The van der Waals surface area contributed by atoms with Crippen LogP contribution < -0.4 is 10.6 Å². The second-order valence-corrected chi connectivity index (χ2v) is 7.26. The third-order valence-corrected chi connectivity index (χ3v) is 5.53. The third kappa shape index (κ3) is 3.62. The van der Waals surface area contributed by atoms with E-state index in [-0.39, 0.29) is 11.9 Å². The first-order chi connectivity index (χ1) is 12.3. The molecule has 25 heavy (non-hydrogen) atoms. The molecule has 1 fully saturated rings. The van der Waals surface area contributed by atoms with E-state index in [0.29, 0.717) is 0 Å². The Bertz CT molecular complexity index is 762. The van der Waals surface area contributed by atoms with Crippen LogP contribution in [0.1, 0.15) is 51.9 Å². The summed E-state index contributed by atoms with van der Waals surface area (Å²) >= 11 is 0. The highest BCUT2D eigenvalue weighted by Gasteiger charge is 2.20. The van der Waals surface area contributed by atoms with Crippen LogP contribution in [-0.2, 0) is 19.3 Å². The van der Waals surface area contributed by atoms with Crippen LogP contribution in [0.4, 0.5) is 0 Å². The van der Waals surface area contributed by atoms with Crippen molar-refractivity contribution in [3.8, 4) is 0 Å². The number of benzene rings is 2. The highest BCUT2D eigenvalue weighted by Crippen LogP contribution is 2.27. The minimum atomic E-state index is 0.0640. The Morgan fingerprint density at radius 3 is 2.76 bits per heavy atom. The molecular formula is C22H26N2O. The van der Waals surface area contributed by atoms with Gasteiger partial charge in [-0.1, -0.05) is 36.4 Å². The van der Waals surface area contributed by atoms with Gasteiger partial charge in [0.2, 0.25) is 0 Å². The first-order valence-corrected chi connectivity index (χ1v) is 9.50. The van der Waals surface area contributed by atoms with E-state index < -0.39 is 0 Å². The summed E-state index contributed by atoms with van der Waals surface area (Å²) in [5, 5.41) is 6.49. The number of hydrogen-bond acceptors (Lipinski definition) is 2. The van der Waals surface area contributed by atoms with Crippen molar-refractivity contribution in [1.29, 1.82) is 0 Å². The molecule has 1 aliphatic carbocycles. The SMILES string of the molecule is O=C(NC1CCNC1)c1ccccc1Cc1cccc2c1CCCC2. The van der Waals surface area contributed by atoms with Crippen LogP contribution in [0.15, 0.2) is 42.5 Å². The van der Waals surface area contributed by atoms with E-state index in [2.05, 4.69) is 34.9 Å². The molecule has 130 valence electrons. The zero-order valence-corrected chi connectivity index (χ0v) is 14.7. The number of fused-ring (bicyclic) bond motifs is 1. The summed E-state index contributed by atoms with van der Waals surface area (Å²) in [5.41, 5.74) is 6.36. The summed E-state index contributed by atoms with van der Waals surface area (Å²) in [6.07, 6.45) is 6.80. The van der Waals surface area contributed by atoms with Crippen LogP contribution in [0.5, 0.6) is 0 Å². The molecule has 2 aromatic carbocycles. The molecule has 0 radical (unpaired) electrons. The molecule has 0 spiro atoms. The summed E-state index contributed by atoms with van der Waals surface area (Å²) in [5.74, 6) is 0.0640. The molecule has 1 heterocycles. The van der Waals surface area contributed by atoms with Crippen molar-refractivity contribution in [1.82, 2.24) is 10.6 Å². The van der Waals surface area contributed by atoms with Crippen molar-refractivity contribution >= 4 is 5.91 Å². The van der Waals surface area contributed by atoms with Crippen molar-refractivity contribution in [3.05, 3.63) is 70.3 Å². The summed E-state index contributed by atoms with van der Waals surface area (Å²) in [6, 6.07) is 15.0. The van der Waals surface area contributed by atoms with Gasteiger partial charge in [-0.2, -0.15) is 0 Å². The predicted molar refractivity (Wildman–Crippen MR) is 101 cm³/mol. The van der Waals surface area contributed by atoms with Crippen LogP contribution in [0.3, 0.4) is 0 Å². The Morgan fingerprint density at radius 2 is 1.88 bits per heavy atom. The van der Waals surface area contributed by atoms with E-state index >= 15 is 0 Å². The zero-order valence-electron chi connectivity index (χ0n) is 14.7. The van der Waals surface area contributed by atoms with E-state index in [1.54, 1.807) is 0 Å². The fourth-order valence-corrected chi connectivity index (χ4v) is 4.17. The van der Waals surface area contributed by atoms with Crippen LogP contribution in [0.2, 0.25) is 0 Å². The van der Waals surface area contributed by atoms with Crippen molar-refractivity contribution in [2.24, 2.45) is 0 Å². The Balaban J connectivity index is 1.58. The number of rotatable bonds is 4. The lowest BCUT2D eigenvalue weighted by Crippen LogP contribution is -2.36. The lowest BCUT2D eigenvalue weighted by atomic mass is 9.85. The molecule has 2 aromatic rings. The minimum absolute atomic E-state index is 0.0640. The summed E-state index contributed by atoms with van der Waals surface area (Å²) in [7, 11) is 0. The van der Waals surface area contributed by atoms with E-state index in [1.807, 2.05) is 18.2 Å². The van der Waals surface area contributed by atoms with Gasteiger partial charge in [0.05, 0.1) is 0 Å². The first kappa shape index (κ1) is 16.3. The molecule has 1 aliphatic heterocycles. The lowest BCUT2D eigenvalue weighted by molar-refractivity contribution is 0.0939. The van der Waals surface area contributed by atoms with Crippen LogP contribution in [0.25, 0.3) is 0 Å². The van der Waals surface area contributed by atoms with Gasteiger partial charge in [-0.3, -0.25) is 4.79 Å². The second-order valence-electron chi connectivity index (χ2n) is 7.26. The highest BCUT2D eigenvalue weighted by molar-refractivity contribution is 5.96. The molecule has 1 unspecified atom stereocenters. The maximum absolute atomic E-state index is 12.8. The summed E-state index contributed by atoms with van der Waals surface area (Å²) in [6.45, 7) is 1.86. The molecule has 4 rings (SSSR count). The van der Waals surface area contributed by atoms with Crippen LogP contribution in [-0.4, -0.2) is 25.0 Å². The molecule has 1 amide bonds. The Hall–Kier alpha value is -2.13. The van der Waals surface area contributed by atoms with Gasteiger partial charge in [0.1, 0.15) is 0 Å². The van der Waals surface area contributed by atoms with E-state index in [4.69, 9.17) is 0 Å². The molecule has 3 heteroatoms. The van der Waals surface area contributed by atoms with Gasteiger partial charge >= 0.3 is 0 Å². The number of amides is 1. The van der Waals surface area contributed by atoms with E-state index in [0.717, 1.165) is 37.1 Å². The molecule has 0 bridgehead atoms. The molecule has 2 aliphatic rings. The van der Waals surface area contributed by atoms with E-state index in [1.165, 1.54) is 42.4 Å². The molecular weight excluding hydrogens is 308 g/mol. The zero-order chi connectivity index (χ0) is 17.1. The average Bonchev–Trinajstić information content (AvgIpc) is 3.15. The maximum atomic E-state index is 12.8. The number of hydrogen-bond donors (Lipinski definition) is 2. The molecule has 0 aromatic heterocycles. The monoisotopic (exact) mass is 334 g/mol. The molecule has 3 nitrogen and oxygen atoms in total. The van der Waals surface area contributed by atoms with Gasteiger partial charge in [0, 0.05) is 18.2 Å². The minimum Gasteiger partial charge on any atom is -0.348 e. The number of carbonyl (C=O) groups is 1. The predicted octanol–water partition coefficient (Wildman–Crippen LogP) is 3.25. The highest BCUT2D eigenvalue weighted by atomic mass is 16.1. The maximum Gasteiger partial charge on any atom is 0.251 e. The fraction of sp³-hybridized carbons (Fsp3) is 0.409. The Morgan fingerprint density at radius 1 is 1.04 bits per heavy atom. The van der Waals surface area contributed by atoms with Gasteiger partial charge in [0.25, 0.3) is 5.91 Å². The van der Waals surface area contributed by atoms with Crippen LogP contribution >= 0.6 is 0 Å². The molecule has 1 saturated heterocycles. The van der Waals surface area contributed by atoms with Crippen LogP contribution in [0, 0.1) is 0 Å². The molecule has 2 N–H and O–H groups in total. The van der Waals surface area contributed by atoms with Gasteiger partial charge in [-0.05, 0) is 73.4 Å². The molecule has 1 atom stereocenters. The smallest absolute Gasteiger partial charge is 0.251 e. The third-order valence-electron chi connectivity index (χ3n) is 5.53. The Labute approximate surface area is 149 Å². The van der Waals surface area contributed by atoms with Crippen molar-refractivity contribution in [2.45, 2.75) is 44.6 Å². The van der Waals surface area contributed by atoms with E-state index in [9.17, 15) is 4.79 Å². The normalized spacial score (nSPS) is 19.4. The van der Waals surface area contributed by atoms with Gasteiger partial charge in [-0.15, -0.1) is 0 Å². The largest absolute Gasteiger partial charge is 0.348 e. The van der Waals surface area contributed by atoms with Gasteiger partial charge in [-0.25, -0.2) is 0 Å². The second kappa shape index (κ2) is 7.40. The van der Waals surface area contributed by atoms with Crippen molar-refractivity contribution < 1.29 is 4.79 Å². The van der Waals surface area contributed by atoms with Gasteiger partial charge in [0.15, 0.2) is 0 Å². The summed E-state index contributed by atoms with van der Waals surface area (Å²) < 4.78 is 0. The van der Waals surface area contributed by atoms with Gasteiger partial charge < -0.3 is 10.6 Å². The number of aryl methyl sites for hydroxylation is 1. The summed E-state index contributed by atoms with van der Waals surface area (Å²) in [4.78, 5) is 12.8. The van der Waals surface area contributed by atoms with Crippen molar-refractivity contribution in [3.63, 3.8) is 0 Å². The fourth-order valence-electron chi connectivity index (χ4n) is 4.17. The standard InChI is InChI=1S/C22H26N2O/c25-22(24-19-12-13-23-15-19)21-11-4-2-7-18(21)14-17-9-5-8-16-6-1-3-10-20(16)17/h2,4-5,7-9,11,19,23H,1,3,6,10,12-15H2,(H,24,25). The quantitative estimate of drug-likeness (QED) is 0.901. The Kier molecular flexibility index (Phi) is 4.84. The topological polar surface area (TPSA) is 41.1 Å². The lowest BCUT2D eigenvalue weighted by Gasteiger charge is -2.20. The number of carbonyl (C=O) groups excluding carboxylic acids is 1. The average molecular weight is 334 g/mol. The van der Waals surface area contributed by atoms with Crippen molar-refractivity contribution in [2.75, 3.05) is 13.1 Å². The number of nitrogens with one attached hydrogen (secondary N) is 2. The first-order valence-electron chi connectivity index (χ1n) is 9.50.